The summed E-state index contributed by atoms with van der Waals surface area (Å²) in [5, 5.41) is 5.69. The maximum absolute atomic E-state index is 11.8. The highest BCUT2D eigenvalue weighted by atomic mass is 16.5. The van der Waals surface area contributed by atoms with E-state index in [4.69, 9.17) is 9.47 Å². The van der Waals surface area contributed by atoms with E-state index in [-0.39, 0.29) is 6.03 Å². The van der Waals surface area contributed by atoms with E-state index >= 15 is 0 Å². The van der Waals surface area contributed by atoms with Crippen LogP contribution in [-0.4, -0.2) is 32.8 Å². The third-order valence-corrected chi connectivity index (χ3v) is 3.79. The van der Waals surface area contributed by atoms with Crippen LogP contribution < -0.4 is 20.1 Å². The molecule has 0 aliphatic carbocycles. The topological polar surface area (TPSA) is 59.6 Å². The zero-order valence-electron chi connectivity index (χ0n) is 14.9. The third-order valence-electron chi connectivity index (χ3n) is 3.79. The van der Waals surface area contributed by atoms with Crippen molar-refractivity contribution in [2.24, 2.45) is 0 Å². The van der Waals surface area contributed by atoms with Gasteiger partial charge in [-0.2, -0.15) is 0 Å². The summed E-state index contributed by atoms with van der Waals surface area (Å²) in [6.45, 7) is 3.76. The molecule has 0 saturated carbocycles. The summed E-state index contributed by atoms with van der Waals surface area (Å²) in [5.41, 5.74) is 2.25. The normalized spacial score (nSPS) is 10.2. The molecule has 0 heterocycles. The van der Waals surface area contributed by atoms with Crippen LogP contribution in [0.2, 0.25) is 0 Å². The summed E-state index contributed by atoms with van der Waals surface area (Å²) in [5.74, 6) is 1.72. The summed E-state index contributed by atoms with van der Waals surface area (Å²) >= 11 is 0. The Bertz CT molecular complexity index is 673. The SMILES string of the molecule is COc1cccc(CCNC(=O)NCCCOc2ccccc2C)c1. The predicted molar refractivity (Wildman–Crippen MR) is 99.4 cm³/mol. The maximum Gasteiger partial charge on any atom is 0.314 e. The van der Waals surface area contributed by atoms with Crippen LogP contribution in [0.4, 0.5) is 4.79 Å². The van der Waals surface area contributed by atoms with Crippen molar-refractivity contribution in [3.05, 3.63) is 59.7 Å². The molecule has 0 atom stereocenters. The van der Waals surface area contributed by atoms with Crippen molar-refractivity contribution >= 4 is 6.03 Å². The Morgan fingerprint density at radius 3 is 2.64 bits per heavy atom. The second kappa shape index (κ2) is 10.2. The maximum atomic E-state index is 11.8. The Kier molecular flexibility index (Phi) is 7.63. The van der Waals surface area contributed by atoms with E-state index in [9.17, 15) is 4.79 Å². The van der Waals surface area contributed by atoms with Gasteiger partial charge in [0.25, 0.3) is 0 Å². The van der Waals surface area contributed by atoms with Gasteiger partial charge in [0, 0.05) is 13.1 Å². The Morgan fingerprint density at radius 1 is 1.04 bits per heavy atom. The first-order valence-corrected chi connectivity index (χ1v) is 8.52. The number of benzene rings is 2. The Hall–Kier alpha value is -2.69. The molecule has 2 aromatic rings. The van der Waals surface area contributed by atoms with Crippen molar-refractivity contribution < 1.29 is 14.3 Å². The van der Waals surface area contributed by atoms with Crippen LogP contribution in [0.15, 0.2) is 48.5 Å². The van der Waals surface area contributed by atoms with Crippen LogP contribution in [0.1, 0.15) is 17.5 Å². The van der Waals surface area contributed by atoms with Gasteiger partial charge < -0.3 is 20.1 Å². The molecule has 0 unspecified atom stereocenters. The average Bonchev–Trinajstić information content (AvgIpc) is 2.63. The van der Waals surface area contributed by atoms with E-state index in [1.165, 1.54) is 0 Å². The zero-order chi connectivity index (χ0) is 17.9. The van der Waals surface area contributed by atoms with Gasteiger partial charge in [-0.05, 0) is 49.1 Å². The first kappa shape index (κ1) is 18.6. The number of para-hydroxylation sites is 1. The van der Waals surface area contributed by atoms with Gasteiger partial charge in [0.2, 0.25) is 0 Å². The lowest BCUT2D eigenvalue weighted by Gasteiger charge is -2.10. The Labute approximate surface area is 149 Å². The Balaban J connectivity index is 1.56. The Morgan fingerprint density at radius 2 is 1.84 bits per heavy atom. The first-order valence-electron chi connectivity index (χ1n) is 8.52. The fourth-order valence-corrected chi connectivity index (χ4v) is 2.39. The zero-order valence-corrected chi connectivity index (χ0v) is 14.9. The fraction of sp³-hybridized carbons (Fsp3) is 0.350. The van der Waals surface area contributed by atoms with Crippen molar-refractivity contribution in [2.75, 3.05) is 26.8 Å². The highest BCUT2D eigenvalue weighted by Crippen LogP contribution is 2.16. The fourth-order valence-electron chi connectivity index (χ4n) is 2.39. The van der Waals surface area contributed by atoms with E-state index in [1.807, 2.05) is 55.5 Å². The van der Waals surface area contributed by atoms with E-state index < -0.39 is 0 Å². The molecular weight excluding hydrogens is 316 g/mol. The molecular formula is C20H26N2O3. The number of amides is 2. The second-order valence-corrected chi connectivity index (χ2v) is 5.75. The third kappa shape index (κ3) is 6.75. The van der Waals surface area contributed by atoms with Gasteiger partial charge in [0.05, 0.1) is 13.7 Å². The lowest BCUT2D eigenvalue weighted by Crippen LogP contribution is -2.37. The molecule has 0 bridgehead atoms. The van der Waals surface area contributed by atoms with E-state index in [2.05, 4.69) is 10.6 Å². The number of methoxy groups -OCH3 is 1. The molecule has 2 rings (SSSR count). The molecule has 0 spiro atoms. The summed E-state index contributed by atoms with van der Waals surface area (Å²) in [7, 11) is 1.65. The van der Waals surface area contributed by atoms with Gasteiger partial charge in [-0.15, -0.1) is 0 Å². The summed E-state index contributed by atoms with van der Waals surface area (Å²) < 4.78 is 10.9. The molecule has 5 heteroatoms. The van der Waals surface area contributed by atoms with Crippen molar-refractivity contribution in [2.45, 2.75) is 19.8 Å². The molecule has 2 aromatic carbocycles. The van der Waals surface area contributed by atoms with E-state index in [0.717, 1.165) is 35.5 Å². The molecule has 0 fully saturated rings. The lowest BCUT2D eigenvalue weighted by molar-refractivity contribution is 0.239. The number of nitrogens with one attached hydrogen (secondary N) is 2. The van der Waals surface area contributed by atoms with Crippen molar-refractivity contribution in [1.82, 2.24) is 10.6 Å². The number of hydrogen-bond acceptors (Lipinski definition) is 3. The monoisotopic (exact) mass is 342 g/mol. The molecule has 5 nitrogen and oxygen atoms in total. The number of carbonyl (C=O) groups excluding carboxylic acids is 1. The van der Waals surface area contributed by atoms with Crippen molar-refractivity contribution in [3.63, 3.8) is 0 Å². The lowest BCUT2D eigenvalue weighted by atomic mass is 10.1. The molecule has 25 heavy (non-hydrogen) atoms. The largest absolute Gasteiger partial charge is 0.497 e. The molecule has 0 saturated heterocycles. The number of aryl methyl sites for hydroxylation is 1. The molecule has 2 N–H and O–H groups in total. The first-order chi connectivity index (χ1) is 12.2. The smallest absolute Gasteiger partial charge is 0.314 e. The van der Waals surface area contributed by atoms with Crippen LogP contribution in [0.5, 0.6) is 11.5 Å². The van der Waals surface area contributed by atoms with Crippen LogP contribution in [0.25, 0.3) is 0 Å². The molecule has 2 amide bonds. The van der Waals surface area contributed by atoms with Gasteiger partial charge in [0.15, 0.2) is 0 Å². The van der Waals surface area contributed by atoms with Gasteiger partial charge in [-0.3, -0.25) is 0 Å². The van der Waals surface area contributed by atoms with Crippen LogP contribution in [0.3, 0.4) is 0 Å². The highest BCUT2D eigenvalue weighted by Gasteiger charge is 2.01. The predicted octanol–water partition coefficient (Wildman–Crippen LogP) is 3.31. The number of urea groups is 1. The minimum Gasteiger partial charge on any atom is -0.497 e. The molecule has 0 aliphatic heterocycles. The molecule has 0 aliphatic rings. The van der Waals surface area contributed by atoms with Gasteiger partial charge in [-0.25, -0.2) is 4.79 Å². The minimum absolute atomic E-state index is 0.154. The van der Waals surface area contributed by atoms with E-state index in [0.29, 0.717) is 19.7 Å². The minimum atomic E-state index is -0.154. The van der Waals surface area contributed by atoms with Crippen LogP contribution in [0, 0.1) is 6.92 Å². The highest BCUT2D eigenvalue weighted by molar-refractivity contribution is 5.73. The number of ether oxygens (including phenoxy) is 2. The molecule has 0 radical (unpaired) electrons. The average molecular weight is 342 g/mol. The van der Waals surface area contributed by atoms with Gasteiger partial charge in [0.1, 0.15) is 11.5 Å². The van der Waals surface area contributed by atoms with Crippen LogP contribution in [-0.2, 0) is 6.42 Å². The van der Waals surface area contributed by atoms with Gasteiger partial charge >= 0.3 is 6.03 Å². The number of hydrogen-bond donors (Lipinski definition) is 2. The van der Waals surface area contributed by atoms with Gasteiger partial charge in [-0.1, -0.05) is 30.3 Å². The van der Waals surface area contributed by atoms with Crippen LogP contribution >= 0.6 is 0 Å². The standard InChI is InChI=1S/C20H26N2O3/c1-16-7-3-4-10-19(16)25-14-6-12-21-20(23)22-13-11-17-8-5-9-18(15-17)24-2/h3-5,7-10,15H,6,11-14H2,1-2H3,(H2,21,22,23). The number of rotatable bonds is 9. The van der Waals surface area contributed by atoms with E-state index in [1.54, 1.807) is 7.11 Å². The van der Waals surface area contributed by atoms with Crippen molar-refractivity contribution in [3.8, 4) is 11.5 Å². The molecule has 134 valence electrons. The molecule has 0 aromatic heterocycles. The summed E-state index contributed by atoms with van der Waals surface area (Å²) in [4.78, 5) is 11.8. The quantitative estimate of drug-likeness (QED) is 0.687. The van der Waals surface area contributed by atoms with Crippen molar-refractivity contribution in [1.29, 1.82) is 0 Å². The summed E-state index contributed by atoms with van der Waals surface area (Å²) in [6, 6.07) is 15.6. The second-order valence-electron chi connectivity index (χ2n) is 5.75. The number of carbonyl (C=O) groups is 1. The summed E-state index contributed by atoms with van der Waals surface area (Å²) in [6.07, 6.45) is 1.53.